The van der Waals surface area contributed by atoms with Crippen molar-refractivity contribution in [3.8, 4) is 5.69 Å². The summed E-state index contributed by atoms with van der Waals surface area (Å²) in [4.78, 5) is 4.52. The lowest BCUT2D eigenvalue weighted by Crippen LogP contribution is -2.07. The number of hydrogen-bond acceptors (Lipinski definition) is 6. The SMILES string of the molecule is COCCc1nsc(Nc2cnn(-c3ccccc3C)c2C(C)C)n1. The summed E-state index contributed by atoms with van der Waals surface area (Å²) in [6, 6.07) is 8.26. The number of hydrogen-bond donors (Lipinski definition) is 1. The summed E-state index contributed by atoms with van der Waals surface area (Å²) in [7, 11) is 1.68. The van der Waals surface area contributed by atoms with Crippen molar-refractivity contribution in [2.75, 3.05) is 19.0 Å². The fraction of sp³-hybridized carbons (Fsp3) is 0.389. The Bertz CT molecular complexity index is 840. The Morgan fingerprint density at radius 1 is 1.28 bits per heavy atom. The van der Waals surface area contributed by atoms with Crippen LogP contribution >= 0.6 is 11.5 Å². The predicted octanol–water partition coefficient (Wildman–Crippen LogP) is 4.09. The van der Waals surface area contributed by atoms with Gasteiger partial charge in [-0.2, -0.15) is 9.47 Å². The summed E-state index contributed by atoms with van der Waals surface area (Å²) in [6.45, 7) is 7.06. The summed E-state index contributed by atoms with van der Waals surface area (Å²) in [5, 5.41) is 8.77. The van der Waals surface area contributed by atoms with Gasteiger partial charge in [0.25, 0.3) is 0 Å². The summed E-state index contributed by atoms with van der Waals surface area (Å²) in [5.74, 6) is 1.11. The molecule has 1 aromatic carbocycles. The summed E-state index contributed by atoms with van der Waals surface area (Å²) in [6.07, 6.45) is 2.58. The summed E-state index contributed by atoms with van der Waals surface area (Å²) < 4.78 is 11.5. The highest BCUT2D eigenvalue weighted by Gasteiger charge is 2.18. The van der Waals surface area contributed by atoms with Crippen molar-refractivity contribution in [1.82, 2.24) is 19.1 Å². The Balaban J connectivity index is 1.90. The molecule has 0 radical (unpaired) electrons. The molecule has 0 bridgehead atoms. The van der Waals surface area contributed by atoms with Crippen LogP contribution in [0, 0.1) is 6.92 Å². The highest BCUT2D eigenvalue weighted by molar-refractivity contribution is 7.09. The molecule has 25 heavy (non-hydrogen) atoms. The van der Waals surface area contributed by atoms with Gasteiger partial charge in [0.05, 0.1) is 29.9 Å². The van der Waals surface area contributed by atoms with Crippen LogP contribution in [-0.2, 0) is 11.2 Å². The fourth-order valence-electron chi connectivity index (χ4n) is 2.72. The third-order valence-corrected chi connectivity index (χ3v) is 4.60. The van der Waals surface area contributed by atoms with Crippen LogP contribution in [-0.4, -0.2) is 32.9 Å². The average molecular weight is 357 g/mol. The number of anilines is 2. The molecule has 0 aliphatic rings. The maximum absolute atomic E-state index is 5.08. The molecule has 2 aromatic heterocycles. The Morgan fingerprint density at radius 2 is 2.08 bits per heavy atom. The van der Waals surface area contributed by atoms with E-state index in [0.29, 0.717) is 18.9 Å². The third kappa shape index (κ3) is 3.88. The number of aryl methyl sites for hydroxylation is 1. The number of nitrogens with zero attached hydrogens (tertiary/aromatic N) is 4. The molecule has 0 saturated carbocycles. The molecule has 6 nitrogen and oxygen atoms in total. The Kier molecular flexibility index (Phi) is 5.45. The maximum atomic E-state index is 5.08. The second-order valence-corrected chi connectivity index (χ2v) is 6.93. The lowest BCUT2D eigenvalue weighted by Gasteiger charge is -2.14. The summed E-state index contributed by atoms with van der Waals surface area (Å²) in [5.41, 5.74) is 4.38. The largest absolute Gasteiger partial charge is 0.384 e. The zero-order valence-corrected chi connectivity index (χ0v) is 15.8. The van der Waals surface area contributed by atoms with Crippen LogP contribution < -0.4 is 5.32 Å². The zero-order valence-electron chi connectivity index (χ0n) is 15.0. The van der Waals surface area contributed by atoms with Crippen LogP contribution in [0.1, 0.15) is 36.8 Å². The first-order valence-corrected chi connectivity index (χ1v) is 9.10. The van der Waals surface area contributed by atoms with Gasteiger partial charge < -0.3 is 10.1 Å². The van der Waals surface area contributed by atoms with E-state index >= 15 is 0 Å². The monoisotopic (exact) mass is 357 g/mol. The van der Waals surface area contributed by atoms with E-state index in [0.717, 1.165) is 28.0 Å². The van der Waals surface area contributed by atoms with Crippen LogP contribution in [0.25, 0.3) is 5.69 Å². The number of nitrogens with one attached hydrogen (secondary N) is 1. The van der Waals surface area contributed by atoms with Gasteiger partial charge in [-0.3, -0.25) is 0 Å². The van der Waals surface area contributed by atoms with E-state index in [1.54, 1.807) is 7.11 Å². The molecule has 0 saturated heterocycles. The molecule has 0 aliphatic carbocycles. The van der Waals surface area contributed by atoms with E-state index in [2.05, 4.69) is 52.7 Å². The van der Waals surface area contributed by atoms with Crippen molar-refractivity contribution in [3.63, 3.8) is 0 Å². The van der Waals surface area contributed by atoms with E-state index in [4.69, 9.17) is 4.74 Å². The smallest absolute Gasteiger partial charge is 0.207 e. The molecule has 3 aromatic rings. The van der Waals surface area contributed by atoms with Crippen LogP contribution in [0.5, 0.6) is 0 Å². The first-order chi connectivity index (χ1) is 12.1. The zero-order chi connectivity index (χ0) is 17.8. The molecule has 1 N–H and O–H groups in total. The molecular weight excluding hydrogens is 334 g/mol. The van der Waals surface area contributed by atoms with Gasteiger partial charge in [0.15, 0.2) is 0 Å². The molecule has 0 aliphatic heterocycles. The average Bonchev–Trinajstić information content (AvgIpc) is 3.21. The first kappa shape index (κ1) is 17.6. The van der Waals surface area contributed by atoms with Gasteiger partial charge in [0.1, 0.15) is 5.82 Å². The lowest BCUT2D eigenvalue weighted by atomic mass is 10.1. The van der Waals surface area contributed by atoms with Crippen LogP contribution in [0.4, 0.5) is 10.8 Å². The van der Waals surface area contributed by atoms with Gasteiger partial charge in [-0.1, -0.05) is 32.0 Å². The van der Waals surface area contributed by atoms with Crippen molar-refractivity contribution in [2.45, 2.75) is 33.1 Å². The normalized spacial score (nSPS) is 11.2. The fourth-order valence-corrected chi connectivity index (χ4v) is 3.34. The first-order valence-electron chi connectivity index (χ1n) is 8.32. The van der Waals surface area contributed by atoms with Crippen molar-refractivity contribution in [2.24, 2.45) is 0 Å². The number of rotatable bonds is 7. The Hall–Kier alpha value is -2.25. The van der Waals surface area contributed by atoms with Gasteiger partial charge in [0.2, 0.25) is 5.13 Å². The predicted molar refractivity (Wildman–Crippen MR) is 101 cm³/mol. The minimum atomic E-state index is 0.311. The van der Waals surface area contributed by atoms with E-state index in [-0.39, 0.29) is 0 Å². The lowest BCUT2D eigenvalue weighted by molar-refractivity contribution is 0.201. The minimum Gasteiger partial charge on any atom is -0.384 e. The number of methoxy groups -OCH3 is 1. The molecule has 132 valence electrons. The van der Waals surface area contributed by atoms with Gasteiger partial charge in [-0.15, -0.1) is 0 Å². The molecular formula is C18H23N5OS. The van der Waals surface area contributed by atoms with Gasteiger partial charge in [-0.05, 0) is 24.5 Å². The van der Waals surface area contributed by atoms with Gasteiger partial charge in [0, 0.05) is 25.1 Å². The summed E-state index contributed by atoms with van der Waals surface area (Å²) >= 11 is 1.36. The van der Waals surface area contributed by atoms with Gasteiger partial charge >= 0.3 is 0 Å². The second kappa shape index (κ2) is 7.76. The van der Waals surface area contributed by atoms with E-state index in [1.807, 2.05) is 23.0 Å². The standard InChI is InChI=1S/C18H23N5OS/c1-12(2)17-14(20-18-21-16(22-25-18)9-10-24-4)11-19-23(17)15-8-6-5-7-13(15)3/h5-8,11-12H,9-10H2,1-4H3,(H,20,21,22). The third-order valence-electron chi connectivity index (χ3n) is 3.94. The number of benzene rings is 1. The molecule has 2 heterocycles. The quantitative estimate of drug-likeness (QED) is 0.690. The van der Waals surface area contributed by atoms with Crippen molar-refractivity contribution in [1.29, 1.82) is 0 Å². The van der Waals surface area contributed by atoms with Crippen molar-refractivity contribution >= 4 is 22.4 Å². The highest BCUT2D eigenvalue weighted by Crippen LogP contribution is 2.30. The molecule has 0 unspecified atom stereocenters. The van der Waals surface area contributed by atoms with E-state index in [9.17, 15) is 0 Å². The Labute approximate surface area is 152 Å². The topological polar surface area (TPSA) is 64.9 Å². The molecule has 3 rings (SSSR count). The maximum Gasteiger partial charge on any atom is 0.207 e. The molecule has 0 spiro atoms. The molecule has 0 amide bonds. The van der Waals surface area contributed by atoms with Crippen LogP contribution in [0.2, 0.25) is 0 Å². The van der Waals surface area contributed by atoms with Gasteiger partial charge in [-0.25, -0.2) is 9.67 Å². The van der Waals surface area contributed by atoms with Crippen molar-refractivity contribution in [3.05, 3.63) is 47.5 Å². The highest BCUT2D eigenvalue weighted by atomic mass is 32.1. The number of para-hydroxylation sites is 1. The van der Waals surface area contributed by atoms with Crippen LogP contribution in [0.3, 0.4) is 0 Å². The minimum absolute atomic E-state index is 0.311. The van der Waals surface area contributed by atoms with Crippen LogP contribution in [0.15, 0.2) is 30.5 Å². The second-order valence-electron chi connectivity index (χ2n) is 6.18. The van der Waals surface area contributed by atoms with Crippen molar-refractivity contribution < 1.29 is 4.74 Å². The van der Waals surface area contributed by atoms with E-state index in [1.165, 1.54) is 17.1 Å². The molecule has 0 atom stereocenters. The Morgan fingerprint density at radius 3 is 2.80 bits per heavy atom. The van der Waals surface area contributed by atoms with E-state index < -0.39 is 0 Å². The number of aromatic nitrogens is 4. The molecule has 0 fully saturated rings. The number of ether oxygens (including phenoxy) is 1. The molecule has 7 heteroatoms.